The maximum absolute atomic E-state index is 12.2. The van der Waals surface area contributed by atoms with Gasteiger partial charge in [0, 0.05) is 30.7 Å². The normalized spacial score (nSPS) is 9.56. The van der Waals surface area contributed by atoms with Crippen molar-refractivity contribution in [3.8, 4) is 6.07 Å². The fourth-order valence-electron chi connectivity index (χ4n) is 1.57. The van der Waals surface area contributed by atoms with Crippen LogP contribution < -0.4 is 4.90 Å². The second-order valence-corrected chi connectivity index (χ2v) is 3.76. The molecule has 4 heteroatoms. The molecule has 4 nitrogen and oxygen atoms in total. The highest BCUT2D eigenvalue weighted by Gasteiger charge is 2.12. The Balaban J connectivity index is 2.23. The highest BCUT2D eigenvalue weighted by atomic mass is 16.2. The van der Waals surface area contributed by atoms with Crippen molar-refractivity contribution < 1.29 is 4.79 Å². The van der Waals surface area contributed by atoms with Crippen LogP contribution in [0.1, 0.15) is 15.9 Å². The standard InChI is InChI=1S/C14H11N3O/c1-17(13-6-8-16-9-7-13)14(18)12-4-2-11(10-15)3-5-12/h2-9H,1H3. The Labute approximate surface area is 105 Å². The fourth-order valence-corrected chi connectivity index (χ4v) is 1.57. The zero-order valence-electron chi connectivity index (χ0n) is 9.87. The van der Waals surface area contributed by atoms with Gasteiger partial charge in [0.2, 0.25) is 0 Å². The molecule has 1 heterocycles. The molecule has 1 aromatic carbocycles. The third-order valence-corrected chi connectivity index (χ3v) is 2.62. The van der Waals surface area contributed by atoms with Crippen molar-refractivity contribution in [1.82, 2.24) is 4.98 Å². The number of pyridine rings is 1. The average molecular weight is 237 g/mol. The minimum atomic E-state index is -0.120. The number of aromatic nitrogens is 1. The molecule has 2 aromatic rings. The Morgan fingerprint density at radius 1 is 1.17 bits per heavy atom. The maximum atomic E-state index is 12.2. The van der Waals surface area contributed by atoms with Gasteiger partial charge in [-0.05, 0) is 36.4 Å². The van der Waals surface area contributed by atoms with E-state index in [4.69, 9.17) is 5.26 Å². The molecule has 0 unspecified atom stereocenters. The Morgan fingerprint density at radius 2 is 1.78 bits per heavy atom. The van der Waals surface area contributed by atoms with Crippen LogP contribution in [0.4, 0.5) is 5.69 Å². The summed E-state index contributed by atoms with van der Waals surface area (Å²) in [6, 6.07) is 12.1. The number of carbonyl (C=O) groups is 1. The molecule has 0 aliphatic carbocycles. The number of anilines is 1. The molecule has 88 valence electrons. The van der Waals surface area contributed by atoms with Crippen LogP contribution in [0.5, 0.6) is 0 Å². The number of carbonyl (C=O) groups excluding carboxylic acids is 1. The Bertz CT molecular complexity index is 585. The zero-order valence-corrected chi connectivity index (χ0v) is 9.87. The van der Waals surface area contributed by atoms with Crippen LogP contribution >= 0.6 is 0 Å². The Morgan fingerprint density at radius 3 is 2.33 bits per heavy atom. The Kier molecular flexibility index (Phi) is 3.35. The maximum Gasteiger partial charge on any atom is 0.258 e. The number of rotatable bonds is 2. The topological polar surface area (TPSA) is 57.0 Å². The summed E-state index contributed by atoms with van der Waals surface area (Å²) in [5.74, 6) is -0.120. The van der Waals surface area contributed by atoms with Gasteiger partial charge in [-0.2, -0.15) is 5.26 Å². The van der Waals surface area contributed by atoms with Crippen LogP contribution in [0.15, 0.2) is 48.8 Å². The van der Waals surface area contributed by atoms with Crippen LogP contribution in [-0.2, 0) is 0 Å². The SMILES string of the molecule is CN(C(=O)c1ccc(C#N)cc1)c1ccncc1. The van der Waals surface area contributed by atoms with Gasteiger partial charge < -0.3 is 4.90 Å². The number of nitriles is 1. The van der Waals surface area contributed by atoms with Crippen molar-refractivity contribution in [2.45, 2.75) is 0 Å². The molecule has 0 aliphatic rings. The quantitative estimate of drug-likeness (QED) is 0.804. The summed E-state index contributed by atoms with van der Waals surface area (Å²) in [5, 5.41) is 8.70. The molecule has 1 amide bonds. The molecule has 0 fully saturated rings. The predicted molar refractivity (Wildman–Crippen MR) is 68.1 cm³/mol. The van der Waals surface area contributed by atoms with Gasteiger partial charge in [0.25, 0.3) is 5.91 Å². The summed E-state index contributed by atoms with van der Waals surface area (Å²) in [6.07, 6.45) is 3.27. The molecule has 0 atom stereocenters. The summed E-state index contributed by atoms with van der Waals surface area (Å²) >= 11 is 0. The van der Waals surface area contributed by atoms with Crippen LogP contribution in [0, 0.1) is 11.3 Å². The van der Waals surface area contributed by atoms with E-state index in [1.807, 2.05) is 6.07 Å². The molecule has 0 spiro atoms. The van der Waals surface area contributed by atoms with Crippen molar-refractivity contribution in [3.63, 3.8) is 0 Å². The lowest BCUT2D eigenvalue weighted by molar-refractivity contribution is 0.0993. The van der Waals surface area contributed by atoms with Gasteiger partial charge in [-0.25, -0.2) is 0 Å². The second kappa shape index (κ2) is 5.11. The molecule has 0 bridgehead atoms. The van der Waals surface area contributed by atoms with Gasteiger partial charge in [-0.3, -0.25) is 9.78 Å². The van der Waals surface area contributed by atoms with Gasteiger partial charge in [0.15, 0.2) is 0 Å². The number of hydrogen-bond acceptors (Lipinski definition) is 3. The van der Waals surface area contributed by atoms with Gasteiger partial charge in [0.05, 0.1) is 11.6 Å². The molecule has 1 aromatic heterocycles. The van der Waals surface area contributed by atoms with Gasteiger partial charge >= 0.3 is 0 Å². The fraction of sp³-hybridized carbons (Fsp3) is 0.0714. The van der Waals surface area contributed by atoms with Crippen molar-refractivity contribution in [1.29, 1.82) is 5.26 Å². The van der Waals surface area contributed by atoms with Crippen molar-refractivity contribution in [3.05, 3.63) is 59.9 Å². The van der Waals surface area contributed by atoms with Crippen LogP contribution in [-0.4, -0.2) is 17.9 Å². The van der Waals surface area contributed by atoms with E-state index in [0.29, 0.717) is 11.1 Å². The summed E-state index contributed by atoms with van der Waals surface area (Å²) in [4.78, 5) is 17.6. The third kappa shape index (κ3) is 2.36. The molecule has 0 saturated carbocycles. The van der Waals surface area contributed by atoms with Gasteiger partial charge in [-0.1, -0.05) is 0 Å². The molecule has 18 heavy (non-hydrogen) atoms. The van der Waals surface area contributed by atoms with Crippen molar-refractivity contribution in [2.24, 2.45) is 0 Å². The number of hydrogen-bond donors (Lipinski definition) is 0. The number of amides is 1. The molecule has 0 N–H and O–H groups in total. The molecule has 0 aliphatic heterocycles. The smallest absolute Gasteiger partial charge is 0.258 e. The second-order valence-electron chi connectivity index (χ2n) is 3.76. The zero-order chi connectivity index (χ0) is 13.0. The predicted octanol–water partition coefficient (Wildman–Crippen LogP) is 2.23. The Hall–Kier alpha value is -2.67. The third-order valence-electron chi connectivity index (χ3n) is 2.62. The van der Waals surface area contributed by atoms with Crippen LogP contribution in [0.3, 0.4) is 0 Å². The van der Waals surface area contributed by atoms with E-state index in [1.165, 1.54) is 0 Å². The molecule has 2 rings (SSSR count). The largest absolute Gasteiger partial charge is 0.311 e. The number of benzene rings is 1. The first-order chi connectivity index (χ1) is 8.72. The molecular weight excluding hydrogens is 226 g/mol. The number of nitrogens with zero attached hydrogens (tertiary/aromatic N) is 3. The van der Waals surface area contributed by atoms with Crippen LogP contribution in [0.2, 0.25) is 0 Å². The van der Waals surface area contributed by atoms with Crippen molar-refractivity contribution >= 4 is 11.6 Å². The lowest BCUT2D eigenvalue weighted by atomic mass is 10.1. The van der Waals surface area contributed by atoms with Gasteiger partial charge in [0.1, 0.15) is 0 Å². The summed E-state index contributed by atoms with van der Waals surface area (Å²) in [6.45, 7) is 0. The van der Waals surface area contributed by atoms with E-state index in [0.717, 1.165) is 5.69 Å². The van der Waals surface area contributed by atoms with E-state index in [9.17, 15) is 4.79 Å². The monoisotopic (exact) mass is 237 g/mol. The van der Waals surface area contributed by atoms with Crippen molar-refractivity contribution in [2.75, 3.05) is 11.9 Å². The minimum absolute atomic E-state index is 0.120. The first-order valence-electron chi connectivity index (χ1n) is 5.40. The van der Waals surface area contributed by atoms with E-state index in [2.05, 4.69) is 4.98 Å². The summed E-state index contributed by atoms with van der Waals surface area (Å²) in [5.41, 5.74) is 1.87. The lowest BCUT2D eigenvalue weighted by Gasteiger charge is -2.16. The summed E-state index contributed by atoms with van der Waals surface area (Å²) < 4.78 is 0. The van der Waals surface area contributed by atoms with E-state index in [1.54, 1.807) is 60.7 Å². The highest BCUT2D eigenvalue weighted by Crippen LogP contribution is 2.14. The van der Waals surface area contributed by atoms with E-state index >= 15 is 0 Å². The minimum Gasteiger partial charge on any atom is -0.311 e. The van der Waals surface area contributed by atoms with E-state index in [-0.39, 0.29) is 5.91 Å². The first kappa shape index (κ1) is 11.8. The molecular formula is C14H11N3O. The first-order valence-corrected chi connectivity index (χ1v) is 5.40. The van der Waals surface area contributed by atoms with Gasteiger partial charge in [-0.15, -0.1) is 0 Å². The average Bonchev–Trinajstić information content (AvgIpc) is 2.47. The highest BCUT2D eigenvalue weighted by molar-refractivity contribution is 6.05. The van der Waals surface area contributed by atoms with Crippen LogP contribution in [0.25, 0.3) is 0 Å². The summed E-state index contributed by atoms with van der Waals surface area (Å²) in [7, 11) is 1.70. The van der Waals surface area contributed by atoms with E-state index < -0.39 is 0 Å². The molecule has 0 saturated heterocycles. The molecule has 0 radical (unpaired) electrons. The lowest BCUT2D eigenvalue weighted by Crippen LogP contribution is -2.26.